The van der Waals surface area contributed by atoms with Gasteiger partial charge in [0.2, 0.25) is 5.78 Å². The number of hydrogen-bond acceptors (Lipinski definition) is 3. The Morgan fingerprint density at radius 3 is 2.35 bits per heavy atom. The van der Waals surface area contributed by atoms with Crippen LogP contribution in [0.15, 0.2) is 51.4 Å². The molecule has 3 nitrogen and oxygen atoms in total. The highest BCUT2D eigenvalue weighted by Gasteiger charge is 2.14. The fourth-order valence-corrected chi connectivity index (χ4v) is 2.94. The fourth-order valence-electron chi connectivity index (χ4n) is 1.71. The van der Waals surface area contributed by atoms with Crippen molar-refractivity contribution in [2.45, 2.75) is 0 Å². The predicted molar refractivity (Wildman–Crippen MR) is 84.7 cm³/mol. The van der Waals surface area contributed by atoms with Gasteiger partial charge in [-0.25, -0.2) is 0 Å². The van der Waals surface area contributed by atoms with Crippen LogP contribution in [0.5, 0.6) is 11.5 Å². The summed E-state index contributed by atoms with van der Waals surface area (Å²) < 4.78 is 12.3. The number of carbonyl (C=O) groups is 1. The third-order valence-corrected chi connectivity index (χ3v) is 3.92. The lowest BCUT2D eigenvalue weighted by molar-refractivity contribution is 0.0917. The van der Waals surface area contributed by atoms with Crippen LogP contribution in [-0.2, 0) is 0 Å². The third-order valence-electron chi connectivity index (χ3n) is 2.67. The first kappa shape index (κ1) is 15.1. The highest BCUT2D eigenvalue weighted by atomic mass is 79.9. The monoisotopic (exact) mass is 398 g/mol. The second-order valence-corrected chi connectivity index (χ2v) is 5.67. The largest absolute Gasteiger partial charge is 0.496 e. The highest BCUT2D eigenvalue weighted by molar-refractivity contribution is 9.11. The van der Waals surface area contributed by atoms with Gasteiger partial charge in [0.1, 0.15) is 11.5 Å². The lowest BCUT2D eigenvalue weighted by atomic mass is 10.1. The maximum atomic E-state index is 12.2. The molecular formula is C15H12Br2O3. The van der Waals surface area contributed by atoms with Crippen LogP contribution in [0.1, 0.15) is 10.4 Å². The van der Waals surface area contributed by atoms with Gasteiger partial charge in [-0.15, -0.1) is 0 Å². The van der Waals surface area contributed by atoms with E-state index in [0.717, 1.165) is 8.95 Å². The van der Waals surface area contributed by atoms with E-state index in [0.29, 0.717) is 17.1 Å². The van der Waals surface area contributed by atoms with Gasteiger partial charge >= 0.3 is 0 Å². The van der Waals surface area contributed by atoms with Crippen LogP contribution in [0, 0.1) is 0 Å². The van der Waals surface area contributed by atoms with E-state index in [2.05, 4.69) is 31.9 Å². The molecule has 0 atom stereocenters. The van der Waals surface area contributed by atoms with E-state index >= 15 is 0 Å². The Bertz CT molecular complexity index is 606. The van der Waals surface area contributed by atoms with Crippen LogP contribution in [0.2, 0.25) is 0 Å². The molecule has 0 saturated carbocycles. The smallest absolute Gasteiger partial charge is 0.203 e. The third kappa shape index (κ3) is 3.41. The van der Waals surface area contributed by atoms with E-state index in [1.54, 1.807) is 18.2 Å². The number of methoxy groups -OCH3 is 1. The molecule has 0 aromatic heterocycles. The number of Topliss-reactive ketones (excluding diaryl/α,β-unsaturated/α-hetero) is 1. The van der Waals surface area contributed by atoms with Crippen molar-refractivity contribution in [2.75, 3.05) is 13.7 Å². The van der Waals surface area contributed by atoms with Gasteiger partial charge in [0.25, 0.3) is 0 Å². The zero-order chi connectivity index (χ0) is 14.5. The average Bonchev–Trinajstić information content (AvgIpc) is 2.46. The number of benzene rings is 2. The summed E-state index contributed by atoms with van der Waals surface area (Å²) >= 11 is 6.78. The zero-order valence-corrected chi connectivity index (χ0v) is 13.9. The van der Waals surface area contributed by atoms with Gasteiger partial charge in [-0.1, -0.05) is 18.2 Å². The van der Waals surface area contributed by atoms with E-state index in [-0.39, 0.29) is 12.4 Å². The zero-order valence-electron chi connectivity index (χ0n) is 10.7. The first-order chi connectivity index (χ1) is 9.63. The minimum absolute atomic E-state index is 0.0540. The molecule has 5 heteroatoms. The van der Waals surface area contributed by atoms with Crippen molar-refractivity contribution >= 4 is 37.6 Å². The van der Waals surface area contributed by atoms with Gasteiger partial charge in [-0.2, -0.15) is 0 Å². The van der Waals surface area contributed by atoms with Crippen molar-refractivity contribution in [1.82, 2.24) is 0 Å². The SMILES string of the molecule is COc1ccccc1C(=O)COc1c(Br)cccc1Br. The molecule has 2 aromatic carbocycles. The Hall–Kier alpha value is -1.33. The second kappa shape index (κ2) is 6.90. The first-order valence-electron chi connectivity index (χ1n) is 5.86. The average molecular weight is 400 g/mol. The maximum Gasteiger partial charge on any atom is 0.203 e. The quantitative estimate of drug-likeness (QED) is 0.695. The second-order valence-electron chi connectivity index (χ2n) is 3.96. The molecule has 2 aromatic rings. The molecule has 104 valence electrons. The maximum absolute atomic E-state index is 12.2. The van der Waals surface area contributed by atoms with E-state index in [1.165, 1.54) is 7.11 Å². The summed E-state index contributed by atoms with van der Waals surface area (Å²) in [6.45, 7) is -0.0540. The minimum Gasteiger partial charge on any atom is -0.496 e. The molecule has 2 rings (SSSR count). The Kier molecular flexibility index (Phi) is 5.20. The minimum atomic E-state index is -0.134. The number of ketones is 1. The normalized spacial score (nSPS) is 10.2. The number of hydrogen-bond donors (Lipinski definition) is 0. The molecule has 0 aliphatic rings. The molecule has 0 unspecified atom stereocenters. The lowest BCUT2D eigenvalue weighted by Crippen LogP contribution is -2.13. The van der Waals surface area contributed by atoms with Gasteiger partial charge in [0.15, 0.2) is 6.61 Å². The molecule has 0 N–H and O–H groups in total. The summed E-state index contributed by atoms with van der Waals surface area (Å²) in [5.41, 5.74) is 0.512. The van der Waals surface area contributed by atoms with E-state index < -0.39 is 0 Å². The molecule has 0 saturated heterocycles. The lowest BCUT2D eigenvalue weighted by Gasteiger charge is -2.11. The Balaban J connectivity index is 2.13. The van der Waals surface area contributed by atoms with Crippen LogP contribution in [0.25, 0.3) is 0 Å². The number of carbonyl (C=O) groups excluding carboxylic acids is 1. The number of halogens is 2. The summed E-state index contributed by atoms with van der Waals surface area (Å²) in [4.78, 5) is 12.2. The van der Waals surface area contributed by atoms with Gasteiger partial charge < -0.3 is 9.47 Å². The van der Waals surface area contributed by atoms with Crippen molar-refractivity contribution in [3.8, 4) is 11.5 Å². The molecule has 0 bridgehead atoms. The van der Waals surface area contributed by atoms with Crippen LogP contribution in [0.4, 0.5) is 0 Å². The van der Waals surface area contributed by atoms with E-state index in [1.807, 2.05) is 24.3 Å². The van der Waals surface area contributed by atoms with Gasteiger partial charge in [0.05, 0.1) is 21.6 Å². The molecular weight excluding hydrogens is 388 g/mol. The summed E-state index contributed by atoms with van der Waals surface area (Å²) in [6, 6.07) is 12.7. The van der Waals surface area contributed by atoms with Crippen molar-refractivity contribution in [1.29, 1.82) is 0 Å². The van der Waals surface area contributed by atoms with Gasteiger partial charge in [0, 0.05) is 0 Å². The topological polar surface area (TPSA) is 35.5 Å². The molecule has 0 heterocycles. The van der Waals surface area contributed by atoms with Crippen molar-refractivity contribution < 1.29 is 14.3 Å². The predicted octanol–water partition coefficient (Wildman–Crippen LogP) is 4.48. The molecule has 0 fully saturated rings. The van der Waals surface area contributed by atoms with Crippen molar-refractivity contribution in [3.05, 3.63) is 57.0 Å². The van der Waals surface area contributed by atoms with E-state index in [4.69, 9.17) is 9.47 Å². The molecule has 0 aliphatic heterocycles. The van der Waals surface area contributed by atoms with E-state index in [9.17, 15) is 4.79 Å². The van der Waals surface area contributed by atoms with Crippen LogP contribution >= 0.6 is 31.9 Å². The first-order valence-corrected chi connectivity index (χ1v) is 7.45. The summed E-state index contributed by atoms with van der Waals surface area (Å²) in [5, 5.41) is 0. The summed E-state index contributed by atoms with van der Waals surface area (Å²) in [6.07, 6.45) is 0. The van der Waals surface area contributed by atoms with Gasteiger partial charge in [-0.3, -0.25) is 4.79 Å². The number of ether oxygens (including phenoxy) is 2. The number of para-hydroxylation sites is 2. The number of rotatable bonds is 5. The molecule has 0 amide bonds. The van der Waals surface area contributed by atoms with Crippen LogP contribution in [0.3, 0.4) is 0 Å². The molecule has 20 heavy (non-hydrogen) atoms. The fraction of sp³-hybridized carbons (Fsp3) is 0.133. The molecule has 0 spiro atoms. The van der Waals surface area contributed by atoms with Crippen LogP contribution < -0.4 is 9.47 Å². The summed E-state index contributed by atoms with van der Waals surface area (Å²) in [7, 11) is 1.54. The Labute approximate surface area is 134 Å². The Morgan fingerprint density at radius 2 is 1.70 bits per heavy atom. The standard InChI is InChI=1S/C15H12Br2O3/c1-19-14-8-3-2-5-10(14)13(18)9-20-15-11(16)6-4-7-12(15)17/h2-8H,9H2,1H3. The molecule has 0 aliphatic carbocycles. The van der Waals surface area contributed by atoms with Crippen LogP contribution in [-0.4, -0.2) is 19.5 Å². The van der Waals surface area contributed by atoms with Gasteiger partial charge in [-0.05, 0) is 56.1 Å². The summed E-state index contributed by atoms with van der Waals surface area (Å²) in [5.74, 6) is 1.02. The highest BCUT2D eigenvalue weighted by Crippen LogP contribution is 2.33. The van der Waals surface area contributed by atoms with Crippen molar-refractivity contribution in [2.24, 2.45) is 0 Å². The molecule has 0 radical (unpaired) electrons. The van der Waals surface area contributed by atoms with Crippen molar-refractivity contribution in [3.63, 3.8) is 0 Å². The Morgan fingerprint density at radius 1 is 1.05 bits per heavy atom.